The zero-order chi connectivity index (χ0) is 19.4. The largest absolute Gasteiger partial charge is 0.416 e. The molecular formula is C22H23ClF3NO. The second-order valence-corrected chi connectivity index (χ2v) is 6.67. The molecule has 2 N–H and O–H groups in total. The van der Waals surface area contributed by atoms with E-state index in [2.05, 4.69) is 29.6 Å². The van der Waals surface area contributed by atoms with Crippen LogP contribution in [0, 0.1) is 0 Å². The Labute approximate surface area is 168 Å². The number of aliphatic hydroxyl groups is 1. The van der Waals surface area contributed by atoms with E-state index in [1.807, 2.05) is 25.1 Å². The number of benzene rings is 3. The third kappa shape index (κ3) is 5.25. The number of hydrogen-bond donors (Lipinski definition) is 2. The first-order valence-electron chi connectivity index (χ1n) is 8.92. The minimum absolute atomic E-state index is 0. The minimum Gasteiger partial charge on any atom is -0.388 e. The number of alkyl halides is 3. The van der Waals surface area contributed by atoms with Crippen molar-refractivity contribution >= 4 is 23.2 Å². The van der Waals surface area contributed by atoms with Crippen LogP contribution in [0.2, 0.25) is 0 Å². The van der Waals surface area contributed by atoms with Crippen molar-refractivity contribution in [2.75, 3.05) is 6.54 Å². The predicted molar refractivity (Wildman–Crippen MR) is 109 cm³/mol. The van der Waals surface area contributed by atoms with Gasteiger partial charge < -0.3 is 10.4 Å². The quantitative estimate of drug-likeness (QED) is 0.519. The van der Waals surface area contributed by atoms with Crippen molar-refractivity contribution in [3.05, 3.63) is 83.4 Å². The topological polar surface area (TPSA) is 32.3 Å². The van der Waals surface area contributed by atoms with E-state index in [1.165, 1.54) is 17.5 Å². The highest BCUT2D eigenvalue weighted by atomic mass is 35.5. The van der Waals surface area contributed by atoms with Gasteiger partial charge in [0.05, 0.1) is 11.7 Å². The fourth-order valence-corrected chi connectivity index (χ4v) is 3.26. The van der Waals surface area contributed by atoms with Gasteiger partial charge in [0.1, 0.15) is 0 Å². The van der Waals surface area contributed by atoms with E-state index < -0.39 is 17.8 Å². The van der Waals surface area contributed by atoms with E-state index in [-0.39, 0.29) is 24.0 Å². The molecule has 0 aromatic heterocycles. The summed E-state index contributed by atoms with van der Waals surface area (Å²) in [7, 11) is 0. The molecule has 0 spiro atoms. The van der Waals surface area contributed by atoms with Crippen LogP contribution in [0.4, 0.5) is 13.2 Å². The molecule has 0 radical (unpaired) electrons. The maximum absolute atomic E-state index is 12.8. The second-order valence-electron chi connectivity index (χ2n) is 6.67. The van der Waals surface area contributed by atoms with Gasteiger partial charge in [-0.2, -0.15) is 13.2 Å². The molecular weight excluding hydrogens is 387 g/mol. The van der Waals surface area contributed by atoms with Crippen LogP contribution in [0.1, 0.15) is 42.2 Å². The summed E-state index contributed by atoms with van der Waals surface area (Å²) >= 11 is 0. The molecule has 0 heterocycles. The summed E-state index contributed by atoms with van der Waals surface area (Å²) in [5.41, 5.74) is 0.697. The van der Waals surface area contributed by atoms with Crippen LogP contribution < -0.4 is 5.32 Å². The molecule has 0 aliphatic heterocycles. The Morgan fingerprint density at radius 1 is 0.964 bits per heavy atom. The zero-order valence-corrected chi connectivity index (χ0v) is 16.2. The van der Waals surface area contributed by atoms with Gasteiger partial charge in [-0.3, -0.25) is 0 Å². The number of hydrogen-bond acceptors (Lipinski definition) is 2. The summed E-state index contributed by atoms with van der Waals surface area (Å²) in [6, 6.07) is 19.2. The fourth-order valence-electron chi connectivity index (χ4n) is 3.26. The van der Waals surface area contributed by atoms with Crippen molar-refractivity contribution in [1.82, 2.24) is 5.32 Å². The molecule has 3 aromatic rings. The number of halogens is 4. The number of nitrogens with one attached hydrogen (secondary N) is 1. The Morgan fingerprint density at radius 2 is 1.64 bits per heavy atom. The molecule has 150 valence electrons. The maximum atomic E-state index is 12.8. The van der Waals surface area contributed by atoms with Gasteiger partial charge in [0.2, 0.25) is 0 Å². The molecule has 0 amide bonds. The summed E-state index contributed by atoms with van der Waals surface area (Å²) < 4.78 is 38.4. The Hall–Kier alpha value is -2.08. The third-order valence-electron chi connectivity index (χ3n) is 4.76. The summed E-state index contributed by atoms with van der Waals surface area (Å²) in [4.78, 5) is 0. The predicted octanol–water partition coefficient (Wildman–Crippen LogP) is 6.05. The van der Waals surface area contributed by atoms with Crippen LogP contribution in [-0.2, 0) is 6.18 Å². The monoisotopic (exact) mass is 409 g/mol. The van der Waals surface area contributed by atoms with Crippen molar-refractivity contribution in [2.24, 2.45) is 0 Å². The normalized spacial score (nSPS) is 13.8. The van der Waals surface area contributed by atoms with Crippen LogP contribution in [0.15, 0.2) is 66.7 Å². The summed E-state index contributed by atoms with van der Waals surface area (Å²) in [6.07, 6.45) is -5.02. The summed E-state index contributed by atoms with van der Waals surface area (Å²) in [5.74, 6) is 0. The zero-order valence-electron chi connectivity index (χ0n) is 15.4. The van der Waals surface area contributed by atoms with Gasteiger partial charge >= 0.3 is 6.18 Å². The Bertz CT molecular complexity index is 908. The first kappa shape index (κ1) is 22.2. The minimum atomic E-state index is -4.41. The molecule has 0 aliphatic carbocycles. The number of aliphatic hydroxyl groups excluding tert-OH is 1. The van der Waals surface area contributed by atoms with Crippen molar-refractivity contribution in [1.29, 1.82) is 0 Å². The first-order chi connectivity index (χ1) is 12.9. The van der Waals surface area contributed by atoms with E-state index in [4.69, 9.17) is 0 Å². The molecule has 0 fully saturated rings. The van der Waals surface area contributed by atoms with E-state index in [0.29, 0.717) is 13.0 Å². The smallest absolute Gasteiger partial charge is 0.388 e. The van der Waals surface area contributed by atoms with Crippen LogP contribution in [0.3, 0.4) is 0 Å². The molecule has 3 aromatic carbocycles. The van der Waals surface area contributed by atoms with Crippen molar-refractivity contribution in [3.8, 4) is 0 Å². The molecule has 1 unspecified atom stereocenters. The van der Waals surface area contributed by atoms with Gasteiger partial charge in [0.15, 0.2) is 0 Å². The standard InChI is InChI=1S/C22H22F3NO.ClH/c1-15(19-11-5-7-16-6-2-3-10-20(16)19)26-13-12-21(27)17-8-4-9-18(14-17)22(23,24)25;/h2-11,14-15,21,26-27H,12-13H2,1H3;1H/t15?,21-;/m1./s1. The molecule has 2 atom stereocenters. The number of rotatable bonds is 6. The lowest BCUT2D eigenvalue weighted by molar-refractivity contribution is -0.137. The molecule has 3 rings (SSSR count). The highest BCUT2D eigenvalue weighted by Crippen LogP contribution is 2.31. The third-order valence-corrected chi connectivity index (χ3v) is 4.76. The molecule has 0 saturated carbocycles. The lowest BCUT2D eigenvalue weighted by Crippen LogP contribution is -2.21. The summed E-state index contributed by atoms with van der Waals surface area (Å²) in [6.45, 7) is 2.53. The average Bonchev–Trinajstić information content (AvgIpc) is 2.66. The fraction of sp³-hybridized carbons (Fsp3) is 0.273. The van der Waals surface area contributed by atoms with Gasteiger partial charge in [0, 0.05) is 6.04 Å². The average molecular weight is 410 g/mol. The van der Waals surface area contributed by atoms with E-state index in [1.54, 1.807) is 0 Å². The lowest BCUT2D eigenvalue weighted by atomic mass is 9.99. The number of fused-ring (bicyclic) bond motifs is 1. The maximum Gasteiger partial charge on any atom is 0.416 e. The molecule has 0 aliphatic rings. The summed E-state index contributed by atoms with van der Waals surface area (Å²) in [5, 5.41) is 15.9. The van der Waals surface area contributed by atoms with Crippen molar-refractivity contribution in [2.45, 2.75) is 31.7 Å². The molecule has 0 bridgehead atoms. The molecule has 2 nitrogen and oxygen atoms in total. The van der Waals surface area contributed by atoms with Crippen molar-refractivity contribution < 1.29 is 18.3 Å². The molecule has 28 heavy (non-hydrogen) atoms. The molecule has 0 saturated heterocycles. The van der Waals surface area contributed by atoms with Gasteiger partial charge in [-0.25, -0.2) is 0 Å². The highest BCUT2D eigenvalue weighted by Gasteiger charge is 2.30. The van der Waals surface area contributed by atoms with Crippen molar-refractivity contribution in [3.63, 3.8) is 0 Å². The van der Waals surface area contributed by atoms with Crippen LogP contribution in [-0.4, -0.2) is 11.7 Å². The Kier molecular flexibility index (Phi) is 7.47. The van der Waals surface area contributed by atoms with Crippen LogP contribution in [0.25, 0.3) is 10.8 Å². The van der Waals surface area contributed by atoms with Crippen LogP contribution >= 0.6 is 12.4 Å². The highest BCUT2D eigenvalue weighted by molar-refractivity contribution is 5.86. The van der Waals surface area contributed by atoms with Gasteiger partial charge in [-0.05, 0) is 53.9 Å². The van der Waals surface area contributed by atoms with Crippen LogP contribution in [0.5, 0.6) is 0 Å². The Morgan fingerprint density at radius 3 is 2.39 bits per heavy atom. The SMILES string of the molecule is CC(NCC[C@@H](O)c1cccc(C(F)(F)F)c1)c1cccc2ccccc12.Cl. The van der Waals surface area contributed by atoms with E-state index >= 15 is 0 Å². The first-order valence-corrected chi connectivity index (χ1v) is 8.92. The molecule has 6 heteroatoms. The van der Waals surface area contributed by atoms with Gasteiger partial charge in [-0.1, -0.05) is 54.6 Å². The lowest BCUT2D eigenvalue weighted by Gasteiger charge is -2.18. The van der Waals surface area contributed by atoms with Gasteiger partial charge in [-0.15, -0.1) is 12.4 Å². The van der Waals surface area contributed by atoms with E-state index in [9.17, 15) is 18.3 Å². The second kappa shape index (κ2) is 9.41. The Balaban J connectivity index is 0.00000280. The van der Waals surface area contributed by atoms with Gasteiger partial charge in [0.25, 0.3) is 0 Å². The van der Waals surface area contributed by atoms with E-state index in [0.717, 1.165) is 23.1 Å².